The lowest BCUT2D eigenvalue weighted by molar-refractivity contribution is -0.145. The maximum absolute atomic E-state index is 12.3. The summed E-state index contributed by atoms with van der Waals surface area (Å²) in [5.41, 5.74) is 12.4. The molecule has 2 aromatic rings. The van der Waals surface area contributed by atoms with Crippen LogP contribution in [0.4, 0.5) is 5.69 Å². The Hall–Kier alpha value is -4.01. The lowest BCUT2D eigenvalue weighted by Gasteiger charge is -2.14. The number of aliphatic carboxylic acids is 2. The third-order valence-electron chi connectivity index (χ3n) is 4.31. The smallest absolute Gasteiger partial charge is 0.343 e. The number of aliphatic imine (C=N–C) groups is 1. The molecule has 1 atom stereocenters. The molecule has 0 saturated carbocycles. The van der Waals surface area contributed by atoms with E-state index in [0.29, 0.717) is 16.8 Å². The Labute approximate surface area is 194 Å². The Morgan fingerprint density at radius 1 is 1.09 bits per heavy atom. The van der Waals surface area contributed by atoms with Crippen molar-refractivity contribution >= 4 is 39.8 Å². The van der Waals surface area contributed by atoms with Crippen LogP contribution in [0.5, 0.6) is 5.75 Å². The van der Waals surface area contributed by atoms with Gasteiger partial charge in [0.15, 0.2) is 5.96 Å². The van der Waals surface area contributed by atoms with Crippen molar-refractivity contribution in [2.75, 3.05) is 0 Å². The van der Waals surface area contributed by atoms with Crippen LogP contribution < -0.4 is 25.6 Å². The van der Waals surface area contributed by atoms with Gasteiger partial charge in [-0.2, -0.15) is 17.9 Å². The molecule has 0 aliphatic rings. The fraction of sp³-hybridized carbons (Fsp3) is 0.200. The van der Waals surface area contributed by atoms with Crippen LogP contribution in [0.1, 0.15) is 27.9 Å². The van der Waals surface area contributed by atoms with Gasteiger partial charge in [0.2, 0.25) is 0 Å². The van der Waals surface area contributed by atoms with Gasteiger partial charge in [-0.25, -0.2) is 9.79 Å². The molecule has 0 aliphatic heterocycles. The van der Waals surface area contributed by atoms with E-state index in [1.807, 2.05) is 0 Å². The number of nitrogens with zero attached hydrogens (tertiary/aromatic N) is 1. The number of benzene rings is 2. The highest BCUT2D eigenvalue weighted by Gasteiger charge is 2.26. The van der Waals surface area contributed by atoms with Gasteiger partial charge in [-0.05, 0) is 54.4 Å². The van der Waals surface area contributed by atoms with Gasteiger partial charge in [0.25, 0.3) is 10.2 Å². The summed E-state index contributed by atoms with van der Waals surface area (Å²) in [6.45, 7) is 1.43. The van der Waals surface area contributed by atoms with E-state index in [1.54, 1.807) is 11.6 Å². The molecule has 0 fully saturated rings. The van der Waals surface area contributed by atoms with Crippen LogP contribution in [0.15, 0.2) is 47.5 Å². The lowest BCUT2D eigenvalue weighted by Crippen LogP contribution is -2.47. The fourth-order valence-electron chi connectivity index (χ4n) is 2.67. The summed E-state index contributed by atoms with van der Waals surface area (Å²) in [7, 11) is -4.32. The molecule has 182 valence electrons. The zero-order valence-corrected chi connectivity index (χ0v) is 18.7. The van der Waals surface area contributed by atoms with Crippen molar-refractivity contribution in [3.05, 3.63) is 59.2 Å². The molecule has 34 heavy (non-hydrogen) atoms. The van der Waals surface area contributed by atoms with Crippen LogP contribution in [0.3, 0.4) is 0 Å². The first-order chi connectivity index (χ1) is 15.9. The number of hydrogen-bond acceptors (Lipinski definition) is 7. The Kier molecular flexibility index (Phi) is 8.66. The molecule has 0 spiro atoms. The van der Waals surface area contributed by atoms with E-state index in [9.17, 15) is 22.8 Å². The van der Waals surface area contributed by atoms with Crippen LogP contribution in [0.2, 0.25) is 0 Å². The molecule has 0 bridgehead atoms. The van der Waals surface area contributed by atoms with E-state index in [2.05, 4.69) is 9.71 Å². The first kappa shape index (κ1) is 26.2. The molecular formula is C20H23N5O8S. The zero-order valence-electron chi connectivity index (χ0n) is 17.9. The Bertz CT molecular complexity index is 1210. The molecule has 14 heteroatoms. The second kappa shape index (κ2) is 11.2. The quantitative estimate of drug-likeness (QED) is 0.106. The SMILES string of the molecule is Cc1cc(OC(=O)c2ccc(N=C(N)N)cc2)ccc1CNS(=O)(=O)NC(CC(=O)O)C(=O)O. The van der Waals surface area contributed by atoms with Gasteiger partial charge < -0.3 is 26.4 Å². The molecule has 0 saturated heterocycles. The van der Waals surface area contributed by atoms with Crippen molar-refractivity contribution in [3.63, 3.8) is 0 Å². The molecule has 0 amide bonds. The fourth-order valence-corrected chi connectivity index (χ4v) is 3.66. The van der Waals surface area contributed by atoms with E-state index >= 15 is 0 Å². The number of nitrogens with one attached hydrogen (secondary N) is 2. The summed E-state index contributed by atoms with van der Waals surface area (Å²) in [6.07, 6.45) is -0.924. The predicted octanol–water partition coefficient (Wildman–Crippen LogP) is -0.0290. The predicted molar refractivity (Wildman–Crippen MR) is 121 cm³/mol. The van der Waals surface area contributed by atoms with Gasteiger partial charge in [-0.3, -0.25) is 9.59 Å². The molecule has 0 radical (unpaired) electrons. The average Bonchev–Trinajstić information content (AvgIpc) is 2.72. The molecule has 2 rings (SSSR count). The van der Waals surface area contributed by atoms with Crippen molar-refractivity contribution in [3.8, 4) is 5.75 Å². The molecule has 0 aliphatic carbocycles. The number of nitrogens with two attached hydrogens (primary N) is 2. The van der Waals surface area contributed by atoms with Crippen molar-refractivity contribution in [1.82, 2.24) is 9.44 Å². The number of carbonyl (C=O) groups excluding carboxylic acids is 1. The normalized spacial score (nSPS) is 11.9. The largest absolute Gasteiger partial charge is 0.481 e. The monoisotopic (exact) mass is 493 g/mol. The van der Waals surface area contributed by atoms with Crippen LogP contribution >= 0.6 is 0 Å². The van der Waals surface area contributed by atoms with E-state index in [-0.39, 0.29) is 23.8 Å². The van der Waals surface area contributed by atoms with Crippen molar-refractivity contribution < 1.29 is 37.8 Å². The molecular weight excluding hydrogens is 470 g/mol. The number of esters is 1. The second-order valence-electron chi connectivity index (χ2n) is 6.99. The minimum absolute atomic E-state index is 0.120. The summed E-state index contributed by atoms with van der Waals surface area (Å²) in [5.74, 6) is -3.63. The van der Waals surface area contributed by atoms with E-state index < -0.39 is 40.6 Å². The third kappa shape index (κ3) is 8.16. The number of hydrogen-bond donors (Lipinski definition) is 6. The first-order valence-corrected chi connectivity index (χ1v) is 11.1. The Morgan fingerprint density at radius 3 is 2.26 bits per heavy atom. The standard InChI is InChI=1S/C20H23N5O8S/c1-11-8-15(33-19(30)12-2-5-14(6-3-12)24-20(21)22)7-4-13(11)10-23-34(31,32)25-16(18(28)29)9-17(26)27/h2-8,16,23,25H,9-10H2,1H3,(H,26,27)(H,28,29)(H4,21,22,24). The van der Waals surface area contributed by atoms with Crippen LogP contribution in [0, 0.1) is 6.92 Å². The Morgan fingerprint density at radius 2 is 1.74 bits per heavy atom. The van der Waals surface area contributed by atoms with Crippen LogP contribution in [0.25, 0.3) is 0 Å². The van der Waals surface area contributed by atoms with Gasteiger partial charge in [0, 0.05) is 6.54 Å². The molecule has 0 aromatic heterocycles. The first-order valence-electron chi connectivity index (χ1n) is 9.59. The van der Waals surface area contributed by atoms with Crippen molar-refractivity contribution in [1.29, 1.82) is 0 Å². The zero-order chi connectivity index (χ0) is 25.5. The number of guanidine groups is 1. The summed E-state index contributed by atoms with van der Waals surface area (Å²) >= 11 is 0. The van der Waals surface area contributed by atoms with E-state index in [1.165, 1.54) is 42.5 Å². The van der Waals surface area contributed by atoms with Crippen molar-refractivity contribution in [2.24, 2.45) is 16.5 Å². The molecule has 8 N–H and O–H groups in total. The molecule has 1 unspecified atom stereocenters. The molecule has 0 heterocycles. The summed E-state index contributed by atoms with van der Waals surface area (Å²) in [4.78, 5) is 37.9. The summed E-state index contributed by atoms with van der Waals surface area (Å²) < 4.78 is 33.4. The third-order valence-corrected chi connectivity index (χ3v) is 5.43. The van der Waals surface area contributed by atoms with E-state index in [4.69, 9.17) is 26.4 Å². The topological polar surface area (TPSA) is 223 Å². The maximum atomic E-state index is 12.3. The number of rotatable bonds is 11. The number of carboxylic acid groups (broad SMARTS) is 2. The van der Waals surface area contributed by atoms with Gasteiger partial charge in [-0.1, -0.05) is 6.07 Å². The minimum atomic E-state index is -4.32. The maximum Gasteiger partial charge on any atom is 0.343 e. The highest BCUT2D eigenvalue weighted by Crippen LogP contribution is 2.20. The number of carbonyl (C=O) groups is 3. The van der Waals surface area contributed by atoms with E-state index in [0.717, 1.165) is 0 Å². The number of carboxylic acids is 2. The second-order valence-corrected chi connectivity index (χ2v) is 8.52. The van der Waals surface area contributed by atoms with Gasteiger partial charge in [0.05, 0.1) is 17.7 Å². The highest BCUT2D eigenvalue weighted by molar-refractivity contribution is 7.87. The van der Waals surface area contributed by atoms with Crippen LogP contribution in [-0.4, -0.2) is 48.5 Å². The summed E-state index contributed by atoms with van der Waals surface area (Å²) in [6, 6.07) is 8.73. The Balaban J connectivity index is 2.02. The number of aryl methyl sites for hydroxylation is 1. The average molecular weight is 493 g/mol. The van der Waals surface area contributed by atoms with Crippen LogP contribution in [-0.2, 0) is 26.3 Å². The minimum Gasteiger partial charge on any atom is -0.481 e. The molecule has 2 aromatic carbocycles. The number of ether oxygens (including phenoxy) is 1. The van der Waals surface area contributed by atoms with Crippen molar-refractivity contribution in [2.45, 2.75) is 25.9 Å². The molecule has 13 nitrogen and oxygen atoms in total. The lowest BCUT2D eigenvalue weighted by atomic mass is 10.1. The van der Waals surface area contributed by atoms with Gasteiger partial charge in [0.1, 0.15) is 11.8 Å². The van der Waals surface area contributed by atoms with Gasteiger partial charge >= 0.3 is 17.9 Å². The van der Waals surface area contributed by atoms with Gasteiger partial charge in [-0.15, -0.1) is 0 Å². The highest BCUT2D eigenvalue weighted by atomic mass is 32.2. The summed E-state index contributed by atoms with van der Waals surface area (Å²) in [5, 5.41) is 17.7.